The van der Waals surface area contributed by atoms with Gasteiger partial charge in [-0.05, 0) is 27.7 Å². The highest BCUT2D eigenvalue weighted by Gasteiger charge is 2.52. The minimum Gasteiger partial charge on any atom is -0.494 e. The maximum Gasteiger partial charge on any atom is 0.498 e. The first-order chi connectivity index (χ1) is 27.8. The Hall–Kier alpha value is -6.65. The second-order valence-electron chi connectivity index (χ2n) is 13.6. The number of nitrogens with zero attached hydrogens (tertiary/aromatic N) is 11. The van der Waals surface area contributed by atoms with Crippen LogP contribution in [0.2, 0.25) is 5.15 Å². The van der Waals surface area contributed by atoms with Crippen molar-refractivity contribution in [3.05, 3.63) is 99.4 Å². The van der Waals surface area contributed by atoms with E-state index >= 15 is 0 Å². The highest BCUT2D eigenvalue weighted by molar-refractivity contribution is 6.62. The van der Waals surface area contributed by atoms with Gasteiger partial charge in [0.05, 0.1) is 78.8 Å². The van der Waals surface area contributed by atoms with Crippen molar-refractivity contribution in [1.29, 1.82) is 0 Å². The summed E-state index contributed by atoms with van der Waals surface area (Å²) < 4.78 is 31.9. The summed E-state index contributed by atoms with van der Waals surface area (Å²) >= 11 is 5.54. The summed E-state index contributed by atoms with van der Waals surface area (Å²) in [6.45, 7) is 8.18. The van der Waals surface area contributed by atoms with E-state index in [2.05, 4.69) is 30.2 Å². The molecular weight excluding hydrogens is 791 g/mol. The highest BCUT2D eigenvalue weighted by atomic mass is 35.5. The molecule has 7 rings (SSSR count). The number of nitrogens with two attached hydrogens (primary N) is 1. The minimum atomic E-state index is -0.564. The van der Waals surface area contributed by atoms with E-state index in [1.807, 2.05) is 54.2 Å². The number of aryl methyl sites for hydroxylation is 3. The number of pyridine rings is 3. The highest BCUT2D eigenvalue weighted by Crippen LogP contribution is 2.36. The topological polar surface area (TPSA) is 251 Å². The van der Waals surface area contributed by atoms with Crippen LogP contribution >= 0.6 is 11.6 Å². The monoisotopic (exact) mass is 834 g/mol. The van der Waals surface area contributed by atoms with Crippen LogP contribution in [0.5, 0.6) is 17.2 Å². The fraction of sp³-hybridized carbons (Fsp3) is 0.333. The van der Waals surface area contributed by atoms with Gasteiger partial charge >= 0.3 is 7.12 Å². The van der Waals surface area contributed by atoms with Crippen molar-refractivity contribution in [2.24, 2.45) is 21.1 Å². The molecule has 0 bridgehead atoms. The molecule has 6 aromatic heterocycles. The number of hydrogen-bond donors (Lipinski definition) is 1. The van der Waals surface area contributed by atoms with Crippen LogP contribution in [0.4, 0.5) is 17.1 Å². The van der Waals surface area contributed by atoms with Crippen LogP contribution in [0, 0.1) is 20.2 Å². The largest absolute Gasteiger partial charge is 0.498 e. The number of methoxy groups -OCH3 is 3. The van der Waals surface area contributed by atoms with E-state index in [0.717, 1.165) is 28.5 Å². The maximum absolute atomic E-state index is 10.6. The van der Waals surface area contributed by atoms with Crippen molar-refractivity contribution in [3.8, 4) is 39.8 Å². The van der Waals surface area contributed by atoms with Gasteiger partial charge in [-0.1, -0.05) is 11.6 Å². The molecular formula is C36H44BClN12O9. The number of rotatable bonds is 8. The lowest BCUT2D eigenvalue weighted by atomic mass is 9.82. The van der Waals surface area contributed by atoms with Gasteiger partial charge in [-0.2, -0.15) is 15.3 Å². The maximum atomic E-state index is 10.6. The first-order valence-electron chi connectivity index (χ1n) is 17.4. The normalized spacial score (nSPS) is 13.4. The van der Waals surface area contributed by atoms with Gasteiger partial charge in [0.1, 0.15) is 29.5 Å². The standard InChI is InChI=1S/C10H17BN2O2.C10H10N4O3.C10H12N4O.C6H5ClN2O3/c1-9(2)10(3,4)15-11(14-9)8-6-12-13(5)7-8;1-13-6-7(4-12-13)10-9(17-2)3-8(5-11-10)14(15)16;1-14-6-7(4-13-14)10-9(15-2)3-8(11)5-12-10;1-12-5-2-4(9(10)11)3-8-6(5)7/h6-7H,1-5H3;3-6H,1-2H3;3-6H,11H2,1-2H3;2-3H,1H3. The van der Waals surface area contributed by atoms with Gasteiger partial charge in [-0.15, -0.1) is 0 Å². The predicted octanol–water partition coefficient (Wildman–Crippen LogP) is 4.84. The van der Waals surface area contributed by atoms with E-state index in [1.54, 1.807) is 65.3 Å². The van der Waals surface area contributed by atoms with Crippen LogP contribution in [-0.2, 0) is 30.5 Å². The van der Waals surface area contributed by atoms with Gasteiger partial charge in [-0.3, -0.25) is 39.3 Å². The van der Waals surface area contributed by atoms with E-state index in [4.69, 9.17) is 40.9 Å². The van der Waals surface area contributed by atoms with Crippen molar-refractivity contribution < 1.29 is 33.4 Å². The molecule has 0 amide bonds. The van der Waals surface area contributed by atoms with Crippen molar-refractivity contribution in [3.63, 3.8) is 0 Å². The number of nitro groups is 2. The summed E-state index contributed by atoms with van der Waals surface area (Å²) in [4.78, 5) is 31.6. The van der Waals surface area contributed by atoms with Crippen LogP contribution in [-0.4, -0.2) is 93.8 Å². The molecule has 7 heterocycles. The number of halogens is 1. The molecule has 0 unspecified atom stereocenters. The molecule has 1 aliphatic heterocycles. The Morgan fingerprint density at radius 1 is 0.661 bits per heavy atom. The molecule has 0 radical (unpaired) electrons. The molecule has 1 saturated heterocycles. The fourth-order valence-electron chi connectivity index (χ4n) is 5.03. The van der Waals surface area contributed by atoms with Gasteiger partial charge in [-0.25, -0.2) is 9.97 Å². The molecule has 6 aromatic rings. The Morgan fingerprint density at radius 2 is 1.08 bits per heavy atom. The Bertz CT molecular complexity index is 2370. The second-order valence-corrected chi connectivity index (χ2v) is 14.0. The summed E-state index contributed by atoms with van der Waals surface area (Å²) in [6, 6.07) is 4.31. The minimum absolute atomic E-state index is 0.102. The zero-order valence-electron chi connectivity index (χ0n) is 34.1. The molecule has 0 atom stereocenters. The molecule has 21 nitrogen and oxygen atoms in total. The SMILES string of the molecule is COc1cc(N)cnc1-c1cnn(C)c1.COc1cc([N+](=O)[O-])cnc1-c1cnn(C)c1.COc1cc([N+](=O)[O-])cnc1Cl.Cn1cc(B2OC(C)(C)C(C)(C)O2)cn1. The fourth-order valence-corrected chi connectivity index (χ4v) is 5.21. The zero-order valence-corrected chi connectivity index (χ0v) is 34.8. The molecule has 23 heteroatoms. The number of aromatic nitrogens is 9. The number of anilines is 1. The molecule has 312 valence electrons. The van der Waals surface area contributed by atoms with Gasteiger partial charge in [0.2, 0.25) is 0 Å². The lowest BCUT2D eigenvalue weighted by molar-refractivity contribution is -0.385. The second kappa shape index (κ2) is 19.2. The van der Waals surface area contributed by atoms with E-state index in [9.17, 15) is 20.2 Å². The average molecular weight is 835 g/mol. The predicted molar refractivity (Wildman–Crippen MR) is 218 cm³/mol. The van der Waals surface area contributed by atoms with E-state index in [1.165, 1.54) is 32.5 Å². The van der Waals surface area contributed by atoms with Crippen molar-refractivity contribution in [1.82, 2.24) is 44.3 Å². The molecule has 0 aliphatic carbocycles. The van der Waals surface area contributed by atoms with Crippen LogP contribution in [0.15, 0.2) is 74.0 Å². The molecule has 0 spiro atoms. The Morgan fingerprint density at radius 3 is 1.51 bits per heavy atom. The van der Waals surface area contributed by atoms with E-state index in [0.29, 0.717) is 22.9 Å². The zero-order chi connectivity index (χ0) is 43.7. The third-order valence-electron chi connectivity index (χ3n) is 8.79. The average Bonchev–Trinajstić information content (AvgIpc) is 3.99. The van der Waals surface area contributed by atoms with Crippen LogP contribution in [0.1, 0.15) is 27.7 Å². The molecule has 0 aromatic carbocycles. The Kier molecular flexibility index (Phi) is 14.7. The van der Waals surface area contributed by atoms with Gasteiger partial charge in [0, 0.05) is 68.6 Å². The summed E-state index contributed by atoms with van der Waals surface area (Å²) in [5, 5.41) is 33.2. The van der Waals surface area contributed by atoms with E-state index in [-0.39, 0.29) is 40.6 Å². The first-order valence-corrected chi connectivity index (χ1v) is 17.8. The molecule has 1 aliphatic rings. The lowest BCUT2D eigenvalue weighted by Crippen LogP contribution is -2.41. The molecule has 0 saturated carbocycles. The molecule has 2 N–H and O–H groups in total. The smallest absolute Gasteiger partial charge is 0.494 e. The lowest BCUT2D eigenvalue weighted by Gasteiger charge is -2.32. The third kappa shape index (κ3) is 11.5. The van der Waals surface area contributed by atoms with Crippen molar-refractivity contribution >= 4 is 41.2 Å². The van der Waals surface area contributed by atoms with Crippen molar-refractivity contribution in [2.75, 3.05) is 27.1 Å². The van der Waals surface area contributed by atoms with Gasteiger partial charge in [0.25, 0.3) is 11.4 Å². The van der Waals surface area contributed by atoms with Gasteiger partial charge < -0.3 is 29.3 Å². The first kappa shape index (κ1) is 45.1. The van der Waals surface area contributed by atoms with Gasteiger partial charge in [0.15, 0.2) is 16.7 Å². The van der Waals surface area contributed by atoms with Crippen molar-refractivity contribution in [2.45, 2.75) is 38.9 Å². The summed E-state index contributed by atoms with van der Waals surface area (Å²) in [5.41, 5.74) is 9.31. The third-order valence-corrected chi connectivity index (χ3v) is 9.08. The Balaban J connectivity index is 0.000000175. The molecule has 59 heavy (non-hydrogen) atoms. The summed E-state index contributed by atoms with van der Waals surface area (Å²) in [7, 11) is 9.62. The van der Waals surface area contributed by atoms with Crippen LogP contribution in [0.3, 0.4) is 0 Å². The Labute approximate surface area is 344 Å². The van der Waals surface area contributed by atoms with E-state index < -0.39 is 9.85 Å². The number of nitrogen functional groups attached to an aromatic ring is 1. The summed E-state index contributed by atoms with van der Waals surface area (Å²) in [5.74, 6) is 1.21. The quantitative estimate of drug-likeness (QED) is 0.0932. The van der Waals surface area contributed by atoms with Crippen LogP contribution < -0.4 is 25.4 Å². The van der Waals surface area contributed by atoms with Crippen LogP contribution in [0.25, 0.3) is 22.5 Å². The molecule has 1 fully saturated rings. The summed E-state index contributed by atoms with van der Waals surface area (Å²) in [6.07, 6.45) is 14.6. The number of hydrogen-bond acceptors (Lipinski definition) is 16. The number of ether oxygens (including phenoxy) is 3.